The second kappa shape index (κ2) is 8.11. The Balaban J connectivity index is 1.58. The summed E-state index contributed by atoms with van der Waals surface area (Å²) in [4.78, 5) is 17.1. The number of aromatic hydroxyl groups is 1. The van der Waals surface area contributed by atoms with Gasteiger partial charge in [0.25, 0.3) is 5.91 Å². The van der Waals surface area contributed by atoms with Crippen molar-refractivity contribution in [3.63, 3.8) is 0 Å². The number of rotatable bonds is 5. The Labute approximate surface area is 151 Å². The van der Waals surface area contributed by atoms with Crippen molar-refractivity contribution in [1.82, 2.24) is 9.80 Å². The third-order valence-electron chi connectivity index (χ3n) is 4.06. The molecule has 0 aromatic heterocycles. The van der Waals surface area contributed by atoms with Gasteiger partial charge in [-0.3, -0.25) is 14.6 Å². The first kappa shape index (κ1) is 17.4. The number of hydrogen-bond acceptors (Lipinski definition) is 6. The number of nitrogens with zero attached hydrogens (tertiary/aromatic N) is 2. The molecule has 24 heavy (non-hydrogen) atoms. The predicted molar refractivity (Wildman–Crippen MR) is 99.9 cm³/mol. The van der Waals surface area contributed by atoms with Crippen LogP contribution in [0.25, 0.3) is 6.08 Å². The van der Waals surface area contributed by atoms with Gasteiger partial charge in [0.1, 0.15) is 10.1 Å². The smallest absolute Gasteiger partial charge is 0.266 e. The average Bonchev–Trinajstić information content (AvgIpc) is 2.85. The van der Waals surface area contributed by atoms with Crippen LogP contribution in [0.1, 0.15) is 12.0 Å². The molecule has 2 fully saturated rings. The van der Waals surface area contributed by atoms with Gasteiger partial charge in [-0.25, -0.2) is 0 Å². The molecule has 128 valence electrons. The minimum atomic E-state index is -0.0739. The maximum atomic E-state index is 12.5. The van der Waals surface area contributed by atoms with E-state index in [2.05, 4.69) is 4.90 Å². The van der Waals surface area contributed by atoms with Crippen molar-refractivity contribution >= 4 is 40.3 Å². The Morgan fingerprint density at radius 1 is 1.25 bits per heavy atom. The number of para-hydroxylation sites is 1. The van der Waals surface area contributed by atoms with Crippen LogP contribution in [-0.4, -0.2) is 64.5 Å². The van der Waals surface area contributed by atoms with Crippen LogP contribution < -0.4 is 0 Å². The number of benzene rings is 1. The summed E-state index contributed by atoms with van der Waals surface area (Å²) < 4.78 is 5.92. The molecule has 2 saturated heterocycles. The lowest BCUT2D eigenvalue weighted by atomic mass is 10.2. The van der Waals surface area contributed by atoms with E-state index in [1.807, 2.05) is 6.07 Å². The van der Waals surface area contributed by atoms with Crippen LogP contribution in [0.15, 0.2) is 29.2 Å². The summed E-state index contributed by atoms with van der Waals surface area (Å²) in [5, 5.41) is 9.85. The normalized spacial score (nSPS) is 21.0. The zero-order chi connectivity index (χ0) is 16.9. The number of morpholine rings is 1. The molecule has 1 aromatic carbocycles. The van der Waals surface area contributed by atoms with Crippen LogP contribution in [0.5, 0.6) is 5.75 Å². The standard InChI is InChI=1S/C17H20N2O3S2/c20-14-5-2-1-4-13(14)12-15-16(21)19(17(23)24-15)7-3-6-18-8-10-22-11-9-18/h1-2,4-5,12,20H,3,6-11H2/b15-12+. The highest BCUT2D eigenvalue weighted by atomic mass is 32.2. The van der Waals surface area contributed by atoms with E-state index >= 15 is 0 Å². The SMILES string of the molecule is O=C1/C(=C\c2ccccc2O)SC(=S)N1CCCN1CCOCC1. The van der Waals surface area contributed by atoms with Crippen molar-refractivity contribution in [2.24, 2.45) is 0 Å². The third-order valence-corrected chi connectivity index (χ3v) is 5.43. The maximum absolute atomic E-state index is 12.5. The topological polar surface area (TPSA) is 53.0 Å². The quantitative estimate of drug-likeness (QED) is 0.639. The van der Waals surface area contributed by atoms with Gasteiger partial charge in [-0.2, -0.15) is 0 Å². The number of thiocarbonyl (C=S) groups is 1. The maximum Gasteiger partial charge on any atom is 0.266 e. The molecular weight excluding hydrogens is 344 g/mol. The van der Waals surface area contributed by atoms with E-state index in [1.165, 1.54) is 11.8 Å². The summed E-state index contributed by atoms with van der Waals surface area (Å²) in [6.07, 6.45) is 2.59. The molecule has 0 spiro atoms. The number of carbonyl (C=O) groups is 1. The molecule has 0 radical (unpaired) electrons. The molecule has 1 aromatic rings. The molecule has 2 aliphatic rings. The van der Waals surface area contributed by atoms with E-state index in [4.69, 9.17) is 17.0 Å². The highest BCUT2D eigenvalue weighted by molar-refractivity contribution is 8.26. The van der Waals surface area contributed by atoms with Crippen molar-refractivity contribution in [2.75, 3.05) is 39.4 Å². The minimum Gasteiger partial charge on any atom is -0.507 e. The lowest BCUT2D eigenvalue weighted by Gasteiger charge is -2.27. The molecule has 2 aliphatic heterocycles. The number of ether oxygens (including phenoxy) is 1. The van der Waals surface area contributed by atoms with Crippen molar-refractivity contribution in [2.45, 2.75) is 6.42 Å². The molecule has 1 N–H and O–H groups in total. The van der Waals surface area contributed by atoms with Crippen molar-refractivity contribution in [3.8, 4) is 5.75 Å². The third kappa shape index (κ3) is 4.16. The molecule has 0 saturated carbocycles. The molecule has 0 bridgehead atoms. The molecule has 1 amide bonds. The van der Waals surface area contributed by atoms with Gasteiger partial charge in [-0.05, 0) is 18.6 Å². The number of phenols is 1. The van der Waals surface area contributed by atoms with Gasteiger partial charge in [-0.15, -0.1) is 0 Å². The number of hydrogen-bond donors (Lipinski definition) is 1. The van der Waals surface area contributed by atoms with E-state index in [9.17, 15) is 9.90 Å². The molecule has 7 heteroatoms. The Hall–Kier alpha value is -1.41. The van der Waals surface area contributed by atoms with Gasteiger partial charge in [-0.1, -0.05) is 42.2 Å². The highest BCUT2D eigenvalue weighted by Gasteiger charge is 2.31. The molecule has 3 rings (SSSR count). The molecule has 2 heterocycles. The van der Waals surface area contributed by atoms with E-state index in [0.29, 0.717) is 21.3 Å². The van der Waals surface area contributed by atoms with E-state index in [-0.39, 0.29) is 11.7 Å². The Bertz CT molecular complexity index is 657. The molecule has 0 aliphatic carbocycles. The second-order valence-electron chi connectivity index (χ2n) is 5.70. The van der Waals surface area contributed by atoms with Gasteiger partial charge in [0.2, 0.25) is 0 Å². The first-order chi connectivity index (χ1) is 11.6. The van der Waals surface area contributed by atoms with Crippen LogP contribution in [0.3, 0.4) is 0 Å². The van der Waals surface area contributed by atoms with Crippen LogP contribution in [-0.2, 0) is 9.53 Å². The monoisotopic (exact) mass is 364 g/mol. The number of amides is 1. The first-order valence-corrected chi connectivity index (χ1v) is 9.21. The molecule has 0 unspecified atom stereocenters. The molecule has 0 atom stereocenters. The van der Waals surface area contributed by atoms with Crippen molar-refractivity contribution in [1.29, 1.82) is 0 Å². The molecular formula is C17H20N2O3S2. The van der Waals surface area contributed by atoms with Crippen LogP contribution >= 0.6 is 24.0 Å². The number of thioether (sulfide) groups is 1. The fourth-order valence-corrected chi connectivity index (χ4v) is 4.02. The Morgan fingerprint density at radius 2 is 2.00 bits per heavy atom. The van der Waals surface area contributed by atoms with Crippen LogP contribution in [0.4, 0.5) is 0 Å². The van der Waals surface area contributed by atoms with Crippen LogP contribution in [0.2, 0.25) is 0 Å². The van der Waals surface area contributed by atoms with Gasteiger partial charge in [0.05, 0.1) is 18.1 Å². The summed E-state index contributed by atoms with van der Waals surface area (Å²) in [7, 11) is 0. The largest absolute Gasteiger partial charge is 0.507 e. The summed E-state index contributed by atoms with van der Waals surface area (Å²) in [6, 6.07) is 6.97. The van der Waals surface area contributed by atoms with Gasteiger partial charge in [0.15, 0.2) is 0 Å². The van der Waals surface area contributed by atoms with Crippen molar-refractivity contribution in [3.05, 3.63) is 34.7 Å². The fourth-order valence-electron chi connectivity index (χ4n) is 2.72. The van der Waals surface area contributed by atoms with Crippen molar-refractivity contribution < 1.29 is 14.6 Å². The van der Waals surface area contributed by atoms with Crippen LogP contribution in [0, 0.1) is 0 Å². The van der Waals surface area contributed by atoms with Gasteiger partial charge >= 0.3 is 0 Å². The van der Waals surface area contributed by atoms with Gasteiger partial charge < -0.3 is 9.84 Å². The lowest BCUT2D eigenvalue weighted by Crippen LogP contribution is -2.38. The lowest BCUT2D eigenvalue weighted by molar-refractivity contribution is -0.122. The second-order valence-corrected chi connectivity index (χ2v) is 7.38. The summed E-state index contributed by atoms with van der Waals surface area (Å²) >= 11 is 6.64. The highest BCUT2D eigenvalue weighted by Crippen LogP contribution is 2.34. The van der Waals surface area contributed by atoms with E-state index in [1.54, 1.807) is 29.2 Å². The Morgan fingerprint density at radius 3 is 2.75 bits per heavy atom. The zero-order valence-corrected chi connectivity index (χ0v) is 14.9. The van der Waals surface area contributed by atoms with Gasteiger partial charge in [0, 0.05) is 31.7 Å². The predicted octanol–water partition coefficient (Wildman–Crippen LogP) is 2.32. The minimum absolute atomic E-state index is 0.0739. The Kier molecular flexibility index (Phi) is 5.89. The fraction of sp³-hybridized carbons (Fsp3) is 0.412. The molecule has 5 nitrogen and oxygen atoms in total. The summed E-state index contributed by atoms with van der Waals surface area (Å²) in [6.45, 7) is 5.03. The zero-order valence-electron chi connectivity index (χ0n) is 13.3. The first-order valence-electron chi connectivity index (χ1n) is 7.98. The van der Waals surface area contributed by atoms with E-state index < -0.39 is 0 Å². The van der Waals surface area contributed by atoms with E-state index in [0.717, 1.165) is 39.3 Å². The summed E-state index contributed by atoms with van der Waals surface area (Å²) in [5.74, 6) is 0.0883. The number of phenolic OH excluding ortho intramolecular Hbond substituents is 1. The average molecular weight is 364 g/mol. The summed E-state index contributed by atoms with van der Waals surface area (Å²) in [5.41, 5.74) is 0.631. The number of carbonyl (C=O) groups excluding carboxylic acids is 1.